The van der Waals surface area contributed by atoms with E-state index < -0.39 is 6.10 Å². The number of carbonyl (C=O) groups is 2. The molecule has 2 aliphatic rings. The number of ether oxygens (including phenoxy) is 2. The van der Waals surface area contributed by atoms with Gasteiger partial charge >= 0.3 is 0 Å². The highest BCUT2D eigenvalue weighted by Crippen LogP contribution is 2.28. The van der Waals surface area contributed by atoms with Crippen molar-refractivity contribution in [3.8, 4) is 0 Å². The standard InChI is InChI=1S/C25H29FN2O5/c26-19-8-4-5-17(11-19)13-27-24(30)12-21-9-10-22-23(33-21)16-32-15-20(29)14-28(22)25(31)18-6-2-1-3-7-18/h1-8,11,20-23,29H,9-10,12-16H2,(H,27,30)/t20-,21-,22+,23-/m0/s1. The predicted octanol–water partition coefficient (Wildman–Crippen LogP) is 2.28. The second-order valence-corrected chi connectivity index (χ2v) is 8.57. The number of nitrogens with one attached hydrogen (secondary N) is 1. The van der Waals surface area contributed by atoms with Gasteiger partial charge in [-0.1, -0.05) is 30.3 Å². The highest BCUT2D eigenvalue weighted by atomic mass is 19.1. The Kier molecular flexibility index (Phi) is 7.69. The number of aliphatic hydroxyl groups excluding tert-OH is 1. The van der Waals surface area contributed by atoms with Crippen LogP contribution in [0.1, 0.15) is 35.2 Å². The summed E-state index contributed by atoms with van der Waals surface area (Å²) in [5.74, 6) is -0.670. The second kappa shape index (κ2) is 10.9. The van der Waals surface area contributed by atoms with Crippen molar-refractivity contribution in [2.75, 3.05) is 19.8 Å². The predicted molar refractivity (Wildman–Crippen MR) is 119 cm³/mol. The minimum atomic E-state index is -0.773. The number of halogens is 1. The molecule has 2 heterocycles. The van der Waals surface area contributed by atoms with Crippen LogP contribution >= 0.6 is 0 Å². The van der Waals surface area contributed by atoms with Gasteiger partial charge in [-0.25, -0.2) is 4.39 Å². The number of benzene rings is 2. The molecule has 4 rings (SSSR count). The fourth-order valence-electron chi connectivity index (χ4n) is 4.45. The Hall–Kier alpha value is -2.81. The Bertz CT molecular complexity index is 957. The fraction of sp³-hybridized carbons (Fsp3) is 0.440. The number of fused-ring (bicyclic) bond motifs is 1. The zero-order chi connectivity index (χ0) is 23.2. The van der Waals surface area contributed by atoms with Crippen LogP contribution < -0.4 is 5.32 Å². The van der Waals surface area contributed by atoms with E-state index in [4.69, 9.17) is 9.47 Å². The third kappa shape index (κ3) is 6.16. The summed E-state index contributed by atoms with van der Waals surface area (Å²) in [6.45, 7) is 0.762. The summed E-state index contributed by atoms with van der Waals surface area (Å²) in [5, 5.41) is 13.1. The van der Waals surface area contributed by atoms with E-state index in [1.807, 2.05) is 18.2 Å². The first-order valence-electron chi connectivity index (χ1n) is 11.3. The third-order valence-corrected chi connectivity index (χ3v) is 6.05. The van der Waals surface area contributed by atoms with Gasteiger partial charge in [-0.15, -0.1) is 0 Å². The highest BCUT2D eigenvalue weighted by molar-refractivity contribution is 5.94. The molecular formula is C25H29FN2O5. The molecule has 2 aromatic carbocycles. The van der Waals surface area contributed by atoms with Crippen LogP contribution in [0, 0.1) is 5.82 Å². The van der Waals surface area contributed by atoms with Crippen molar-refractivity contribution in [1.82, 2.24) is 10.2 Å². The molecule has 0 radical (unpaired) electrons. The summed E-state index contributed by atoms with van der Waals surface area (Å²) >= 11 is 0. The van der Waals surface area contributed by atoms with Crippen molar-refractivity contribution >= 4 is 11.8 Å². The van der Waals surface area contributed by atoms with Crippen LogP contribution in [0.2, 0.25) is 0 Å². The molecule has 8 heteroatoms. The number of amides is 2. The number of hydrogen-bond acceptors (Lipinski definition) is 5. The van der Waals surface area contributed by atoms with E-state index in [1.165, 1.54) is 12.1 Å². The molecule has 0 saturated carbocycles. The largest absolute Gasteiger partial charge is 0.389 e. The van der Waals surface area contributed by atoms with Gasteiger partial charge in [0.1, 0.15) is 11.9 Å². The quantitative estimate of drug-likeness (QED) is 0.721. The summed E-state index contributed by atoms with van der Waals surface area (Å²) in [5.41, 5.74) is 1.25. The number of carbonyl (C=O) groups excluding carboxylic acids is 2. The van der Waals surface area contributed by atoms with E-state index in [0.29, 0.717) is 24.0 Å². The van der Waals surface area contributed by atoms with Crippen molar-refractivity contribution < 1.29 is 28.6 Å². The Morgan fingerprint density at radius 3 is 2.70 bits per heavy atom. The molecule has 2 aromatic rings. The lowest BCUT2D eigenvalue weighted by molar-refractivity contribution is -0.151. The third-order valence-electron chi connectivity index (χ3n) is 6.05. The van der Waals surface area contributed by atoms with Crippen LogP contribution in [0.3, 0.4) is 0 Å². The Morgan fingerprint density at radius 1 is 1.09 bits per heavy atom. The second-order valence-electron chi connectivity index (χ2n) is 8.57. The van der Waals surface area contributed by atoms with Crippen molar-refractivity contribution in [2.24, 2.45) is 0 Å². The number of β-amino-alcohol motifs (C(OH)–C–C–N with tert-alkyl or cyclic N) is 1. The van der Waals surface area contributed by atoms with Crippen LogP contribution in [0.15, 0.2) is 54.6 Å². The van der Waals surface area contributed by atoms with E-state index in [1.54, 1.807) is 29.2 Å². The van der Waals surface area contributed by atoms with Gasteiger partial charge in [-0.3, -0.25) is 9.59 Å². The van der Waals surface area contributed by atoms with Crippen LogP contribution in [0.25, 0.3) is 0 Å². The van der Waals surface area contributed by atoms with Crippen LogP contribution in [-0.4, -0.2) is 65.9 Å². The first-order valence-corrected chi connectivity index (χ1v) is 11.3. The number of hydrogen-bond donors (Lipinski definition) is 2. The first kappa shape index (κ1) is 23.4. The van der Waals surface area contributed by atoms with E-state index in [2.05, 4.69) is 5.32 Å². The van der Waals surface area contributed by atoms with Gasteiger partial charge in [-0.05, 0) is 42.7 Å². The minimum absolute atomic E-state index is 0.115. The average molecular weight is 457 g/mol. The van der Waals surface area contributed by atoms with E-state index >= 15 is 0 Å². The summed E-state index contributed by atoms with van der Waals surface area (Å²) < 4.78 is 25.1. The van der Waals surface area contributed by atoms with E-state index in [-0.39, 0.29) is 68.6 Å². The molecule has 0 bridgehead atoms. The van der Waals surface area contributed by atoms with Crippen LogP contribution in [0.5, 0.6) is 0 Å². The van der Waals surface area contributed by atoms with Crippen molar-refractivity contribution in [3.05, 3.63) is 71.5 Å². The maximum absolute atomic E-state index is 13.3. The highest BCUT2D eigenvalue weighted by Gasteiger charge is 2.40. The molecule has 7 nitrogen and oxygen atoms in total. The van der Waals surface area contributed by atoms with Gasteiger partial charge in [0.2, 0.25) is 5.91 Å². The van der Waals surface area contributed by atoms with E-state index in [9.17, 15) is 19.1 Å². The molecule has 0 unspecified atom stereocenters. The number of rotatable bonds is 5. The zero-order valence-corrected chi connectivity index (χ0v) is 18.4. The van der Waals surface area contributed by atoms with Crippen molar-refractivity contribution in [1.29, 1.82) is 0 Å². The molecule has 33 heavy (non-hydrogen) atoms. The Morgan fingerprint density at radius 2 is 1.91 bits per heavy atom. The maximum atomic E-state index is 13.3. The smallest absolute Gasteiger partial charge is 0.254 e. The van der Waals surface area contributed by atoms with Gasteiger partial charge in [0.15, 0.2) is 0 Å². The average Bonchev–Trinajstić information content (AvgIpc) is 2.81. The van der Waals surface area contributed by atoms with E-state index in [0.717, 1.165) is 0 Å². The van der Waals surface area contributed by atoms with Crippen molar-refractivity contribution in [2.45, 2.75) is 50.2 Å². The molecule has 0 aliphatic carbocycles. The molecule has 2 aliphatic heterocycles. The zero-order valence-electron chi connectivity index (χ0n) is 18.4. The van der Waals surface area contributed by atoms with Gasteiger partial charge in [0, 0.05) is 18.7 Å². The molecule has 0 aromatic heterocycles. The molecule has 0 spiro atoms. The Labute approximate surface area is 192 Å². The van der Waals surface area contributed by atoms with Gasteiger partial charge in [-0.2, -0.15) is 0 Å². The normalized spacial score (nSPS) is 25.5. The lowest BCUT2D eigenvalue weighted by Gasteiger charge is -2.44. The molecule has 2 N–H and O–H groups in total. The van der Waals surface area contributed by atoms with Gasteiger partial charge < -0.3 is 24.8 Å². The van der Waals surface area contributed by atoms with Gasteiger partial charge in [0.25, 0.3) is 5.91 Å². The summed E-state index contributed by atoms with van der Waals surface area (Å²) in [7, 11) is 0. The first-order chi connectivity index (χ1) is 16.0. The molecule has 4 atom stereocenters. The van der Waals surface area contributed by atoms with Crippen molar-refractivity contribution in [3.63, 3.8) is 0 Å². The fourth-order valence-corrected chi connectivity index (χ4v) is 4.45. The Balaban J connectivity index is 1.37. The number of nitrogens with zero attached hydrogens (tertiary/aromatic N) is 1. The summed E-state index contributed by atoms with van der Waals surface area (Å²) in [6.07, 6.45) is -0.0525. The lowest BCUT2D eigenvalue weighted by Crippen LogP contribution is -2.57. The maximum Gasteiger partial charge on any atom is 0.254 e. The van der Waals surface area contributed by atoms with Crippen LogP contribution in [-0.2, 0) is 20.8 Å². The van der Waals surface area contributed by atoms with Crippen LogP contribution in [0.4, 0.5) is 4.39 Å². The molecule has 2 saturated heterocycles. The number of aliphatic hydroxyl groups is 1. The topological polar surface area (TPSA) is 88.1 Å². The molecule has 2 amide bonds. The lowest BCUT2D eigenvalue weighted by atomic mass is 9.94. The molecule has 176 valence electrons. The molecular weight excluding hydrogens is 427 g/mol. The summed E-state index contributed by atoms with van der Waals surface area (Å²) in [4.78, 5) is 27.3. The van der Waals surface area contributed by atoms with Gasteiger partial charge in [0.05, 0.1) is 37.9 Å². The minimum Gasteiger partial charge on any atom is -0.389 e. The monoisotopic (exact) mass is 456 g/mol. The summed E-state index contributed by atoms with van der Waals surface area (Å²) in [6, 6.07) is 14.8. The molecule has 2 fully saturated rings. The SMILES string of the molecule is O=C(C[C@@H]1CC[C@@H]2[C@H](COC[C@@H](O)CN2C(=O)c2ccccc2)O1)NCc1cccc(F)c1.